The molecule has 1 aliphatic rings. The van der Waals surface area contributed by atoms with E-state index >= 15 is 0 Å². The van der Waals surface area contributed by atoms with Gasteiger partial charge >= 0.3 is 6.36 Å². The van der Waals surface area contributed by atoms with Crippen LogP contribution in [-0.2, 0) is 0 Å². The zero-order chi connectivity index (χ0) is 14.0. The lowest BCUT2D eigenvalue weighted by Crippen LogP contribution is -2.54. The zero-order valence-corrected chi connectivity index (χ0v) is 12.1. The summed E-state index contributed by atoms with van der Waals surface area (Å²) in [5.74, 6) is -0.188. The van der Waals surface area contributed by atoms with Crippen LogP contribution < -0.4 is 15.0 Å². The van der Waals surface area contributed by atoms with Crippen molar-refractivity contribution < 1.29 is 17.9 Å². The van der Waals surface area contributed by atoms with Gasteiger partial charge in [0.25, 0.3) is 0 Å². The largest absolute Gasteiger partial charge is 0.573 e. The predicted octanol–water partition coefficient (Wildman–Crippen LogP) is 3.19. The molecule has 2 rings (SSSR count). The van der Waals surface area contributed by atoms with Crippen LogP contribution in [0, 0.1) is 0 Å². The van der Waals surface area contributed by atoms with Crippen molar-refractivity contribution in [2.24, 2.45) is 0 Å². The number of hydrogen-bond acceptors (Lipinski definition) is 3. The topological polar surface area (TPSA) is 24.5 Å². The maximum absolute atomic E-state index is 12.1. The highest BCUT2D eigenvalue weighted by Gasteiger charge is 2.31. The van der Waals surface area contributed by atoms with Gasteiger partial charge in [0.05, 0.1) is 0 Å². The lowest BCUT2D eigenvalue weighted by molar-refractivity contribution is -0.274. The lowest BCUT2D eigenvalue weighted by Gasteiger charge is -2.37. The van der Waals surface area contributed by atoms with E-state index in [0.29, 0.717) is 12.1 Å². The van der Waals surface area contributed by atoms with Crippen molar-refractivity contribution in [2.75, 3.05) is 18.0 Å². The van der Waals surface area contributed by atoms with Crippen molar-refractivity contribution >= 4 is 18.1 Å². The van der Waals surface area contributed by atoms with E-state index in [-0.39, 0.29) is 18.2 Å². The Kier molecular flexibility index (Phi) is 5.53. The normalized spacial score (nSPS) is 23.1. The third-order valence-electron chi connectivity index (χ3n) is 2.99. The summed E-state index contributed by atoms with van der Waals surface area (Å²) in [5, 5.41) is 3.41. The number of nitrogens with one attached hydrogen (secondary N) is 1. The third kappa shape index (κ3) is 4.76. The van der Waals surface area contributed by atoms with Crippen molar-refractivity contribution in [2.45, 2.75) is 32.3 Å². The highest BCUT2D eigenvalue weighted by atomic mass is 35.5. The second-order valence-electron chi connectivity index (χ2n) is 4.92. The maximum Gasteiger partial charge on any atom is 0.573 e. The Hall–Kier alpha value is -1.14. The van der Waals surface area contributed by atoms with E-state index in [1.165, 1.54) is 12.1 Å². The number of halogens is 4. The summed E-state index contributed by atoms with van der Waals surface area (Å²) in [6, 6.07) is 6.72. The Bertz CT molecular complexity index is 415. The van der Waals surface area contributed by atoms with Crippen molar-refractivity contribution in [1.82, 2.24) is 5.32 Å². The number of anilines is 1. The maximum atomic E-state index is 12.1. The molecular weight excluding hydrogens is 293 g/mol. The van der Waals surface area contributed by atoms with Crippen LogP contribution in [0.4, 0.5) is 18.9 Å². The molecule has 0 spiro atoms. The average molecular weight is 311 g/mol. The van der Waals surface area contributed by atoms with Gasteiger partial charge in [-0.15, -0.1) is 25.6 Å². The molecule has 114 valence electrons. The second-order valence-corrected chi connectivity index (χ2v) is 4.92. The van der Waals surface area contributed by atoms with Gasteiger partial charge in [0.15, 0.2) is 0 Å². The van der Waals surface area contributed by atoms with Crippen LogP contribution >= 0.6 is 12.4 Å². The number of piperazine rings is 1. The fraction of sp³-hybridized carbons (Fsp3) is 0.538. The van der Waals surface area contributed by atoms with E-state index in [2.05, 4.69) is 28.8 Å². The first kappa shape index (κ1) is 16.9. The van der Waals surface area contributed by atoms with Crippen molar-refractivity contribution in [3.63, 3.8) is 0 Å². The smallest absolute Gasteiger partial charge is 0.406 e. The molecule has 1 aliphatic heterocycles. The van der Waals surface area contributed by atoms with Crippen LogP contribution in [0.25, 0.3) is 0 Å². The summed E-state index contributed by atoms with van der Waals surface area (Å²) in [4.78, 5) is 2.16. The fourth-order valence-corrected chi connectivity index (χ4v) is 2.40. The number of benzene rings is 1. The highest BCUT2D eigenvalue weighted by Crippen LogP contribution is 2.26. The van der Waals surface area contributed by atoms with Crippen LogP contribution in [-0.4, -0.2) is 31.5 Å². The van der Waals surface area contributed by atoms with Gasteiger partial charge in [-0.2, -0.15) is 0 Å². The monoisotopic (exact) mass is 310 g/mol. The minimum absolute atomic E-state index is 0. The summed E-state index contributed by atoms with van der Waals surface area (Å²) in [7, 11) is 0. The van der Waals surface area contributed by atoms with Crippen LogP contribution in [0.1, 0.15) is 13.8 Å². The number of rotatable bonds is 2. The molecule has 0 aliphatic carbocycles. The molecule has 7 heteroatoms. The Labute approximate surface area is 122 Å². The molecule has 1 aromatic carbocycles. The van der Waals surface area contributed by atoms with Gasteiger partial charge in [-0.25, -0.2) is 0 Å². The first-order chi connectivity index (χ1) is 8.83. The molecule has 0 radical (unpaired) electrons. The second kappa shape index (κ2) is 6.54. The molecule has 1 heterocycles. The van der Waals surface area contributed by atoms with E-state index in [0.717, 1.165) is 18.8 Å². The van der Waals surface area contributed by atoms with Crippen molar-refractivity contribution in [3.05, 3.63) is 24.3 Å². The predicted molar refractivity (Wildman–Crippen MR) is 74.6 cm³/mol. The first-order valence-corrected chi connectivity index (χ1v) is 6.20. The van der Waals surface area contributed by atoms with E-state index in [1.54, 1.807) is 12.1 Å². The highest BCUT2D eigenvalue weighted by molar-refractivity contribution is 5.85. The Morgan fingerprint density at radius 1 is 1.10 bits per heavy atom. The van der Waals surface area contributed by atoms with Crippen LogP contribution in [0.2, 0.25) is 0 Å². The van der Waals surface area contributed by atoms with Gasteiger partial charge in [0.2, 0.25) is 0 Å². The van der Waals surface area contributed by atoms with Crippen molar-refractivity contribution in [1.29, 1.82) is 0 Å². The molecule has 0 unspecified atom stereocenters. The molecule has 20 heavy (non-hydrogen) atoms. The zero-order valence-electron chi connectivity index (χ0n) is 11.3. The Morgan fingerprint density at radius 3 is 2.05 bits per heavy atom. The molecule has 3 nitrogen and oxygen atoms in total. The summed E-state index contributed by atoms with van der Waals surface area (Å²) in [5.41, 5.74) is 0.912. The standard InChI is InChI=1S/C13H17F3N2O.ClH/c1-9-7-18(8-10(2)17-9)11-3-5-12(6-4-11)19-13(14,15)16;/h3-6,9-10,17H,7-8H2,1-2H3;1H/t9-,10+;. The Balaban J connectivity index is 0.00000200. The average Bonchev–Trinajstić information content (AvgIpc) is 2.26. The fourth-order valence-electron chi connectivity index (χ4n) is 2.40. The van der Waals surface area contributed by atoms with Gasteiger partial charge in [-0.3, -0.25) is 0 Å². The molecule has 1 fully saturated rings. The minimum Gasteiger partial charge on any atom is -0.406 e. The number of nitrogens with zero attached hydrogens (tertiary/aromatic N) is 1. The Morgan fingerprint density at radius 2 is 1.60 bits per heavy atom. The van der Waals surface area contributed by atoms with E-state index in [1.807, 2.05) is 0 Å². The van der Waals surface area contributed by atoms with Crippen molar-refractivity contribution in [3.8, 4) is 5.75 Å². The van der Waals surface area contributed by atoms with Crippen LogP contribution in [0.5, 0.6) is 5.75 Å². The van der Waals surface area contributed by atoms with Gasteiger partial charge < -0.3 is 15.0 Å². The number of hydrogen-bond donors (Lipinski definition) is 1. The minimum atomic E-state index is -4.64. The van der Waals surface area contributed by atoms with Gasteiger partial charge in [0, 0.05) is 30.9 Å². The molecular formula is C13H18ClF3N2O. The van der Waals surface area contributed by atoms with E-state index < -0.39 is 6.36 Å². The summed E-state index contributed by atoms with van der Waals surface area (Å²) in [6.45, 7) is 5.85. The number of alkyl halides is 3. The third-order valence-corrected chi connectivity index (χ3v) is 2.99. The summed E-state index contributed by atoms with van der Waals surface area (Å²) < 4.78 is 40.0. The van der Waals surface area contributed by atoms with Crippen LogP contribution in [0.15, 0.2) is 24.3 Å². The van der Waals surface area contributed by atoms with Gasteiger partial charge in [-0.1, -0.05) is 0 Å². The SMILES string of the molecule is C[C@@H]1CN(c2ccc(OC(F)(F)F)cc2)C[C@H](C)N1.Cl. The molecule has 2 atom stereocenters. The molecule has 0 aromatic heterocycles. The number of ether oxygens (including phenoxy) is 1. The van der Waals surface area contributed by atoms with Gasteiger partial charge in [-0.05, 0) is 38.1 Å². The van der Waals surface area contributed by atoms with Gasteiger partial charge in [0.1, 0.15) is 5.75 Å². The quantitative estimate of drug-likeness (QED) is 0.908. The lowest BCUT2D eigenvalue weighted by atomic mass is 10.1. The van der Waals surface area contributed by atoms with E-state index in [9.17, 15) is 13.2 Å². The molecule has 1 aromatic rings. The molecule has 1 saturated heterocycles. The molecule has 1 N–H and O–H groups in total. The molecule has 0 bridgehead atoms. The summed E-state index contributed by atoms with van der Waals surface area (Å²) >= 11 is 0. The summed E-state index contributed by atoms with van der Waals surface area (Å²) in [6.07, 6.45) is -4.64. The van der Waals surface area contributed by atoms with Crippen LogP contribution in [0.3, 0.4) is 0 Å². The first-order valence-electron chi connectivity index (χ1n) is 6.20. The molecule has 0 amide bonds. The van der Waals surface area contributed by atoms with E-state index in [4.69, 9.17) is 0 Å². The molecule has 0 saturated carbocycles.